The number of carbonyl (C=O) groups excluding carboxylic acids is 1. The Kier molecular flexibility index (Phi) is 4.91. The lowest BCUT2D eigenvalue weighted by Gasteiger charge is -2.14. The van der Waals surface area contributed by atoms with Gasteiger partial charge < -0.3 is 21.3 Å². The van der Waals surface area contributed by atoms with Crippen LogP contribution in [0.4, 0.5) is 0 Å². The Hall–Kier alpha value is -1.43. The van der Waals surface area contributed by atoms with Gasteiger partial charge in [0.2, 0.25) is 5.91 Å². The lowest BCUT2D eigenvalue weighted by molar-refractivity contribution is -0.123. The van der Waals surface area contributed by atoms with Crippen LogP contribution in [0.5, 0.6) is 0 Å². The zero-order chi connectivity index (χ0) is 12.0. The molecule has 0 bridgehead atoms. The van der Waals surface area contributed by atoms with Gasteiger partial charge in [-0.3, -0.25) is 4.79 Å². The minimum atomic E-state index is -0.952. The average molecular weight is 224 g/mol. The van der Waals surface area contributed by atoms with E-state index in [0.717, 1.165) is 0 Å². The summed E-state index contributed by atoms with van der Waals surface area (Å²) in [6.45, 7) is -0.392. The molecular weight excluding hydrogens is 208 g/mol. The summed E-state index contributed by atoms with van der Waals surface area (Å²) in [6, 6.07) is 8.19. The van der Waals surface area contributed by atoms with E-state index in [1.165, 1.54) is 0 Å². The smallest absolute Gasteiger partial charge is 0.241 e. The first-order valence-corrected chi connectivity index (χ1v) is 5.02. The van der Waals surface area contributed by atoms with E-state index in [9.17, 15) is 4.79 Å². The van der Waals surface area contributed by atoms with Crippen molar-refractivity contribution in [2.24, 2.45) is 5.73 Å². The van der Waals surface area contributed by atoms with Crippen molar-refractivity contribution in [1.29, 1.82) is 0 Å². The van der Waals surface area contributed by atoms with Gasteiger partial charge in [0.25, 0.3) is 0 Å². The lowest BCUT2D eigenvalue weighted by Crippen LogP contribution is -2.39. The minimum absolute atomic E-state index is 0.00410. The van der Waals surface area contributed by atoms with Crippen LogP contribution in [0.15, 0.2) is 30.3 Å². The molecule has 0 spiro atoms. The van der Waals surface area contributed by atoms with Crippen LogP contribution in [-0.2, 0) is 4.79 Å². The van der Waals surface area contributed by atoms with Crippen molar-refractivity contribution in [1.82, 2.24) is 5.32 Å². The van der Waals surface area contributed by atoms with Crippen LogP contribution in [0.3, 0.4) is 0 Å². The highest BCUT2D eigenvalue weighted by Crippen LogP contribution is 2.08. The van der Waals surface area contributed by atoms with Crippen molar-refractivity contribution in [3.63, 3.8) is 0 Å². The lowest BCUT2D eigenvalue weighted by atomic mass is 10.1. The first-order valence-electron chi connectivity index (χ1n) is 5.02. The molecule has 1 aromatic rings. The molecular formula is C11H16N2O3. The van der Waals surface area contributed by atoms with Crippen LogP contribution < -0.4 is 11.1 Å². The second-order valence-corrected chi connectivity index (χ2v) is 3.47. The molecule has 5 N–H and O–H groups in total. The van der Waals surface area contributed by atoms with Crippen LogP contribution in [0.2, 0.25) is 0 Å². The summed E-state index contributed by atoms with van der Waals surface area (Å²) in [7, 11) is 0. The molecule has 5 heteroatoms. The van der Waals surface area contributed by atoms with Gasteiger partial charge in [-0.2, -0.15) is 0 Å². The number of nitrogens with two attached hydrogens (primary N) is 1. The van der Waals surface area contributed by atoms with E-state index in [0.29, 0.717) is 5.56 Å². The quantitative estimate of drug-likeness (QED) is 0.524. The number of aliphatic hydroxyl groups is 2. The van der Waals surface area contributed by atoms with Crippen molar-refractivity contribution >= 4 is 5.91 Å². The summed E-state index contributed by atoms with van der Waals surface area (Å²) in [6.07, 6.45) is -0.952. The molecule has 0 radical (unpaired) electrons. The topological polar surface area (TPSA) is 95.6 Å². The molecule has 16 heavy (non-hydrogen) atoms. The third-order valence-corrected chi connectivity index (χ3v) is 2.16. The third kappa shape index (κ3) is 3.62. The Morgan fingerprint density at radius 3 is 2.56 bits per heavy atom. The largest absolute Gasteiger partial charge is 0.394 e. The van der Waals surface area contributed by atoms with Crippen LogP contribution in [0.25, 0.3) is 0 Å². The van der Waals surface area contributed by atoms with E-state index in [4.69, 9.17) is 15.9 Å². The SMILES string of the molecule is N[C@@H](C(=O)NCC(O)CO)c1ccccc1. The second-order valence-electron chi connectivity index (χ2n) is 3.47. The monoisotopic (exact) mass is 224 g/mol. The standard InChI is InChI=1S/C11H16N2O3/c12-10(8-4-2-1-3-5-8)11(16)13-6-9(15)7-14/h1-5,9-10,14-15H,6-7,12H2,(H,13,16)/t9?,10-/m1/s1. The minimum Gasteiger partial charge on any atom is -0.394 e. The second kappa shape index (κ2) is 6.22. The van der Waals surface area contributed by atoms with E-state index < -0.39 is 12.1 Å². The molecule has 0 fully saturated rings. The molecule has 0 aliphatic heterocycles. The number of rotatable bonds is 5. The third-order valence-electron chi connectivity index (χ3n) is 2.16. The fraction of sp³-hybridized carbons (Fsp3) is 0.364. The molecule has 0 heterocycles. The van der Waals surface area contributed by atoms with Gasteiger partial charge in [-0.05, 0) is 5.56 Å². The predicted octanol–water partition coefficient (Wildman–Crippen LogP) is -0.844. The zero-order valence-corrected chi connectivity index (χ0v) is 8.84. The number of hydrogen-bond donors (Lipinski definition) is 4. The van der Waals surface area contributed by atoms with E-state index in [1.807, 2.05) is 6.07 Å². The Bertz CT molecular complexity index is 329. The van der Waals surface area contributed by atoms with Gasteiger partial charge in [0, 0.05) is 6.54 Å². The number of amides is 1. The Morgan fingerprint density at radius 2 is 2.00 bits per heavy atom. The first kappa shape index (κ1) is 12.6. The Morgan fingerprint density at radius 1 is 1.38 bits per heavy atom. The molecule has 1 aromatic carbocycles. The zero-order valence-electron chi connectivity index (χ0n) is 8.84. The molecule has 0 aliphatic rings. The maximum Gasteiger partial charge on any atom is 0.241 e. The summed E-state index contributed by atoms with van der Waals surface area (Å²) in [5, 5.41) is 20.1. The number of benzene rings is 1. The van der Waals surface area contributed by atoms with E-state index in [1.54, 1.807) is 24.3 Å². The molecule has 2 atom stereocenters. The highest BCUT2D eigenvalue weighted by Gasteiger charge is 2.15. The Labute approximate surface area is 93.9 Å². The highest BCUT2D eigenvalue weighted by molar-refractivity contribution is 5.82. The fourth-order valence-electron chi connectivity index (χ4n) is 1.20. The summed E-state index contributed by atoms with van der Waals surface area (Å²) in [5.41, 5.74) is 6.42. The van der Waals surface area contributed by atoms with Gasteiger partial charge >= 0.3 is 0 Å². The van der Waals surface area contributed by atoms with Gasteiger partial charge in [0.1, 0.15) is 6.04 Å². The van der Waals surface area contributed by atoms with Crippen molar-refractivity contribution in [3.8, 4) is 0 Å². The summed E-state index contributed by atoms with van der Waals surface area (Å²) < 4.78 is 0. The van der Waals surface area contributed by atoms with Crippen LogP contribution in [0, 0.1) is 0 Å². The highest BCUT2D eigenvalue weighted by atomic mass is 16.3. The number of carbonyl (C=O) groups is 1. The van der Waals surface area contributed by atoms with Crippen LogP contribution in [-0.4, -0.2) is 35.4 Å². The summed E-state index contributed by atoms with van der Waals surface area (Å²) >= 11 is 0. The molecule has 1 unspecified atom stereocenters. The number of aliphatic hydroxyl groups excluding tert-OH is 2. The Balaban J connectivity index is 2.49. The van der Waals surface area contributed by atoms with Crippen LogP contribution >= 0.6 is 0 Å². The van der Waals surface area contributed by atoms with E-state index in [2.05, 4.69) is 5.32 Å². The number of nitrogens with one attached hydrogen (secondary N) is 1. The van der Waals surface area contributed by atoms with Gasteiger partial charge in [0.05, 0.1) is 12.7 Å². The molecule has 0 saturated heterocycles. The molecule has 1 rings (SSSR count). The van der Waals surface area contributed by atoms with E-state index in [-0.39, 0.29) is 19.1 Å². The normalized spacial score (nSPS) is 14.2. The molecule has 0 saturated carbocycles. The maximum absolute atomic E-state index is 11.5. The van der Waals surface area contributed by atoms with Crippen molar-refractivity contribution in [3.05, 3.63) is 35.9 Å². The van der Waals surface area contributed by atoms with Crippen LogP contribution in [0.1, 0.15) is 11.6 Å². The molecule has 1 amide bonds. The molecule has 0 aromatic heterocycles. The first-order chi connectivity index (χ1) is 7.65. The van der Waals surface area contributed by atoms with Gasteiger partial charge in [-0.1, -0.05) is 30.3 Å². The molecule has 5 nitrogen and oxygen atoms in total. The van der Waals surface area contributed by atoms with Gasteiger partial charge in [-0.15, -0.1) is 0 Å². The van der Waals surface area contributed by atoms with Gasteiger partial charge in [0.15, 0.2) is 0 Å². The maximum atomic E-state index is 11.5. The molecule has 88 valence electrons. The van der Waals surface area contributed by atoms with Crippen molar-refractivity contribution in [2.75, 3.05) is 13.2 Å². The average Bonchev–Trinajstić information content (AvgIpc) is 2.35. The van der Waals surface area contributed by atoms with Crippen molar-refractivity contribution < 1.29 is 15.0 Å². The fourth-order valence-corrected chi connectivity index (χ4v) is 1.20. The number of hydrogen-bond acceptors (Lipinski definition) is 4. The summed E-state index contributed by atoms with van der Waals surface area (Å²) in [4.78, 5) is 11.5. The van der Waals surface area contributed by atoms with E-state index >= 15 is 0 Å². The van der Waals surface area contributed by atoms with Gasteiger partial charge in [-0.25, -0.2) is 0 Å². The van der Waals surface area contributed by atoms with Crippen molar-refractivity contribution in [2.45, 2.75) is 12.1 Å². The molecule has 0 aliphatic carbocycles. The summed E-state index contributed by atoms with van der Waals surface area (Å²) in [5.74, 6) is -0.376. The predicted molar refractivity (Wildman–Crippen MR) is 59.5 cm³/mol.